The molecule has 0 aliphatic carbocycles. The summed E-state index contributed by atoms with van der Waals surface area (Å²) in [6.45, 7) is 1.81. The number of hydrogen-bond donors (Lipinski definition) is 1. The van der Waals surface area contributed by atoms with Gasteiger partial charge in [0, 0.05) is 18.7 Å². The van der Waals surface area contributed by atoms with E-state index in [1.54, 1.807) is 0 Å². The SMILES string of the molecule is c1ccc2c(c1)CC(CNC1=NCCCS1)O2. The van der Waals surface area contributed by atoms with E-state index in [1.165, 1.54) is 17.7 Å². The number of fused-ring (bicyclic) bond motifs is 1. The molecule has 0 saturated carbocycles. The summed E-state index contributed by atoms with van der Waals surface area (Å²) in [6.07, 6.45) is 2.44. The topological polar surface area (TPSA) is 33.6 Å². The molecule has 0 saturated heterocycles. The molecule has 0 bridgehead atoms. The first-order valence-corrected chi connectivity index (χ1v) is 7.06. The molecule has 2 aliphatic rings. The average Bonchev–Trinajstić information content (AvgIpc) is 2.80. The normalized spacial score (nSPS) is 22.6. The molecule has 4 heteroatoms. The lowest BCUT2D eigenvalue weighted by molar-refractivity contribution is 0.235. The van der Waals surface area contributed by atoms with E-state index in [9.17, 15) is 0 Å². The number of hydrogen-bond acceptors (Lipinski definition) is 4. The molecule has 2 heterocycles. The number of amidine groups is 1. The van der Waals surface area contributed by atoms with Crippen LogP contribution >= 0.6 is 11.8 Å². The predicted molar refractivity (Wildman–Crippen MR) is 71.9 cm³/mol. The van der Waals surface area contributed by atoms with Crippen LogP contribution in [0, 0.1) is 0 Å². The number of para-hydroxylation sites is 1. The van der Waals surface area contributed by atoms with Crippen LogP contribution in [-0.2, 0) is 6.42 Å². The molecule has 1 atom stereocenters. The lowest BCUT2D eigenvalue weighted by atomic mass is 10.1. The Balaban J connectivity index is 1.54. The van der Waals surface area contributed by atoms with E-state index in [1.807, 2.05) is 23.9 Å². The second-order valence-corrected chi connectivity index (χ2v) is 5.41. The first-order valence-electron chi connectivity index (χ1n) is 6.07. The van der Waals surface area contributed by atoms with Crippen LogP contribution in [0.3, 0.4) is 0 Å². The second-order valence-electron chi connectivity index (χ2n) is 4.32. The Hall–Kier alpha value is -1.16. The third-order valence-electron chi connectivity index (χ3n) is 2.99. The van der Waals surface area contributed by atoms with Crippen molar-refractivity contribution >= 4 is 16.9 Å². The van der Waals surface area contributed by atoms with E-state index < -0.39 is 0 Å². The predicted octanol–water partition coefficient (Wildman–Crippen LogP) is 2.07. The minimum Gasteiger partial charge on any atom is -0.488 e. The maximum atomic E-state index is 5.87. The van der Waals surface area contributed by atoms with Gasteiger partial charge in [0.25, 0.3) is 0 Å². The molecule has 17 heavy (non-hydrogen) atoms. The lowest BCUT2D eigenvalue weighted by Gasteiger charge is -2.16. The van der Waals surface area contributed by atoms with Crippen molar-refractivity contribution in [1.29, 1.82) is 0 Å². The maximum Gasteiger partial charge on any atom is 0.156 e. The Morgan fingerprint density at radius 1 is 1.41 bits per heavy atom. The number of thioether (sulfide) groups is 1. The van der Waals surface area contributed by atoms with Gasteiger partial charge in [-0.2, -0.15) is 0 Å². The number of rotatable bonds is 2. The van der Waals surface area contributed by atoms with Gasteiger partial charge in [-0.05, 0) is 18.1 Å². The highest BCUT2D eigenvalue weighted by molar-refractivity contribution is 8.13. The highest BCUT2D eigenvalue weighted by Crippen LogP contribution is 2.27. The molecule has 0 aromatic heterocycles. The number of benzene rings is 1. The largest absolute Gasteiger partial charge is 0.488 e. The van der Waals surface area contributed by atoms with E-state index in [2.05, 4.69) is 22.4 Å². The molecule has 3 nitrogen and oxygen atoms in total. The smallest absolute Gasteiger partial charge is 0.156 e. The van der Waals surface area contributed by atoms with Gasteiger partial charge >= 0.3 is 0 Å². The van der Waals surface area contributed by atoms with Gasteiger partial charge in [0.2, 0.25) is 0 Å². The first kappa shape index (κ1) is 11.0. The third-order valence-corrected chi connectivity index (χ3v) is 4.03. The fourth-order valence-electron chi connectivity index (χ4n) is 2.14. The summed E-state index contributed by atoms with van der Waals surface area (Å²) in [4.78, 5) is 4.45. The Bertz CT molecular complexity index is 408. The summed E-state index contributed by atoms with van der Waals surface area (Å²) in [5.74, 6) is 2.22. The van der Waals surface area contributed by atoms with Crippen molar-refractivity contribution in [1.82, 2.24) is 5.32 Å². The molecule has 1 N–H and O–H groups in total. The maximum absolute atomic E-state index is 5.87. The Kier molecular flexibility index (Phi) is 3.22. The molecule has 3 rings (SSSR count). The van der Waals surface area contributed by atoms with Gasteiger partial charge < -0.3 is 10.1 Å². The summed E-state index contributed by atoms with van der Waals surface area (Å²) in [7, 11) is 0. The summed E-state index contributed by atoms with van der Waals surface area (Å²) in [6, 6.07) is 8.28. The van der Waals surface area contributed by atoms with Gasteiger partial charge in [0.15, 0.2) is 5.17 Å². The Morgan fingerprint density at radius 3 is 3.18 bits per heavy atom. The molecular weight excluding hydrogens is 232 g/mol. The van der Waals surface area contributed by atoms with Crippen molar-refractivity contribution in [3.63, 3.8) is 0 Å². The van der Waals surface area contributed by atoms with Crippen LogP contribution in [0.25, 0.3) is 0 Å². The highest BCUT2D eigenvalue weighted by atomic mass is 32.2. The van der Waals surface area contributed by atoms with E-state index in [0.29, 0.717) is 0 Å². The molecular formula is C13H16N2OS. The van der Waals surface area contributed by atoms with Gasteiger partial charge in [0.05, 0.1) is 6.54 Å². The zero-order valence-corrected chi connectivity index (χ0v) is 10.5. The van der Waals surface area contributed by atoms with E-state index in [-0.39, 0.29) is 6.10 Å². The second kappa shape index (κ2) is 5.00. The number of aliphatic imine (C=N–C) groups is 1. The monoisotopic (exact) mass is 248 g/mol. The zero-order valence-electron chi connectivity index (χ0n) is 9.69. The molecule has 90 valence electrons. The molecule has 1 unspecified atom stereocenters. The van der Waals surface area contributed by atoms with Crippen LogP contribution in [0.2, 0.25) is 0 Å². The standard InChI is InChI=1S/C13H16N2OS/c1-2-5-12-10(4-1)8-11(16-12)9-15-13-14-6-3-7-17-13/h1-2,4-5,11H,3,6-9H2,(H,14,15). The van der Waals surface area contributed by atoms with Gasteiger partial charge in [0.1, 0.15) is 11.9 Å². The number of ether oxygens (including phenoxy) is 1. The lowest BCUT2D eigenvalue weighted by Crippen LogP contribution is -2.34. The van der Waals surface area contributed by atoms with Crippen LogP contribution < -0.4 is 10.1 Å². The van der Waals surface area contributed by atoms with Crippen molar-refractivity contribution in [2.24, 2.45) is 4.99 Å². The van der Waals surface area contributed by atoms with Crippen molar-refractivity contribution in [2.75, 3.05) is 18.8 Å². The fourth-order valence-corrected chi connectivity index (χ4v) is 2.97. The summed E-state index contributed by atoms with van der Waals surface area (Å²) >= 11 is 1.81. The van der Waals surface area contributed by atoms with E-state index >= 15 is 0 Å². The molecule has 0 spiro atoms. The number of nitrogens with zero attached hydrogens (tertiary/aromatic N) is 1. The summed E-state index contributed by atoms with van der Waals surface area (Å²) in [5.41, 5.74) is 1.32. The molecule has 0 amide bonds. The zero-order chi connectivity index (χ0) is 11.5. The van der Waals surface area contributed by atoms with Gasteiger partial charge in [-0.15, -0.1) is 0 Å². The van der Waals surface area contributed by atoms with Gasteiger partial charge in [-0.3, -0.25) is 4.99 Å². The van der Waals surface area contributed by atoms with Crippen molar-refractivity contribution in [2.45, 2.75) is 18.9 Å². The summed E-state index contributed by atoms with van der Waals surface area (Å²) in [5, 5.41) is 4.47. The van der Waals surface area contributed by atoms with Crippen LogP contribution in [-0.4, -0.2) is 30.1 Å². The fraction of sp³-hybridized carbons (Fsp3) is 0.462. The van der Waals surface area contributed by atoms with Gasteiger partial charge in [-0.25, -0.2) is 0 Å². The van der Waals surface area contributed by atoms with Crippen molar-refractivity contribution in [3.05, 3.63) is 29.8 Å². The van der Waals surface area contributed by atoms with E-state index in [0.717, 1.165) is 30.4 Å². The summed E-state index contributed by atoms with van der Waals surface area (Å²) < 4.78 is 5.87. The Morgan fingerprint density at radius 2 is 2.35 bits per heavy atom. The quantitative estimate of drug-likeness (QED) is 0.870. The van der Waals surface area contributed by atoms with Crippen molar-refractivity contribution < 1.29 is 4.74 Å². The third kappa shape index (κ3) is 2.57. The molecule has 0 fully saturated rings. The first-order chi connectivity index (χ1) is 8.42. The van der Waals surface area contributed by atoms with Crippen LogP contribution in [0.1, 0.15) is 12.0 Å². The average molecular weight is 248 g/mol. The molecule has 1 aromatic carbocycles. The molecule has 0 radical (unpaired) electrons. The highest BCUT2D eigenvalue weighted by Gasteiger charge is 2.22. The van der Waals surface area contributed by atoms with Gasteiger partial charge in [-0.1, -0.05) is 30.0 Å². The minimum atomic E-state index is 0.248. The van der Waals surface area contributed by atoms with Crippen LogP contribution in [0.5, 0.6) is 5.75 Å². The molecule has 1 aromatic rings. The van der Waals surface area contributed by atoms with Crippen molar-refractivity contribution in [3.8, 4) is 5.75 Å². The molecule has 2 aliphatic heterocycles. The van der Waals surface area contributed by atoms with Crippen LogP contribution in [0.15, 0.2) is 29.3 Å². The minimum absolute atomic E-state index is 0.248. The Labute approximate surface area is 106 Å². The van der Waals surface area contributed by atoms with Crippen LogP contribution in [0.4, 0.5) is 0 Å². The van der Waals surface area contributed by atoms with E-state index in [4.69, 9.17) is 4.74 Å². The number of nitrogens with one attached hydrogen (secondary N) is 1.